The van der Waals surface area contributed by atoms with Gasteiger partial charge in [0.2, 0.25) is 0 Å². The van der Waals surface area contributed by atoms with Crippen LogP contribution in [0.4, 0.5) is 0 Å². The van der Waals surface area contributed by atoms with Crippen molar-refractivity contribution in [2.45, 2.75) is 13.5 Å². The van der Waals surface area contributed by atoms with E-state index in [4.69, 9.17) is 11.6 Å². The number of hydrogen-bond donors (Lipinski definition) is 2. The standard InChI is InChI=1S/C11H16ClNO2S/c1-2-16(15)7-6-13-8-9-10(12)4-3-5-11(9)14/h3-5,13-14H,2,6-8H2,1H3. The van der Waals surface area contributed by atoms with Gasteiger partial charge in [-0.1, -0.05) is 24.6 Å². The lowest BCUT2D eigenvalue weighted by Gasteiger charge is -2.08. The van der Waals surface area contributed by atoms with E-state index in [0.29, 0.717) is 35.2 Å². The molecule has 1 rings (SSSR count). The Labute approximate surface area is 103 Å². The predicted molar refractivity (Wildman–Crippen MR) is 68.4 cm³/mol. The highest BCUT2D eigenvalue weighted by Gasteiger charge is 2.05. The number of benzene rings is 1. The van der Waals surface area contributed by atoms with Gasteiger partial charge >= 0.3 is 0 Å². The van der Waals surface area contributed by atoms with E-state index in [9.17, 15) is 9.32 Å². The van der Waals surface area contributed by atoms with Crippen molar-refractivity contribution in [3.63, 3.8) is 0 Å². The first-order chi connectivity index (χ1) is 7.65. The van der Waals surface area contributed by atoms with Gasteiger partial charge < -0.3 is 10.4 Å². The molecule has 0 saturated heterocycles. The fourth-order valence-electron chi connectivity index (χ4n) is 1.27. The zero-order chi connectivity index (χ0) is 12.0. The number of phenols is 1. The number of hydrogen-bond acceptors (Lipinski definition) is 3. The Kier molecular flexibility index (Phi) is 5.80. The topological polar surface area (TPSA) is 49.3 Å². The van der Waals surface area contributed by atoms with Crippen LogP contribution in [0.5, 0.6) is 5.75 Å². The molecule has 0 amide bonds. The molecule has 0 radical (unpaired) electrons. The number of phenolic OH excluding ortho intramolecular Hbond substituents is 1. The first kappa shape index (κ1) is 13.5. The van der Waals surface area contributed by atoms with Gasteiger partial charge in [-0.15, -0.1) is 0 Å². The zero-order valence-corrected chi connectivity index (χ0v) is 10.8. The van der Waals surface area contributed by atoms with Crippen LogP contribution in [-0.2, 0) is 17.3 Å². The summed E-state index contributed by atoms with van der Waals surface area (Å²) in [6.07, 6.45) is 0. The molecule has 0 aliphatic rings. The minimum Gasteiger partial charge on any atom is -0.508 e. The molecule has 5 heteroatoms. The first-order valence-electron chi connectivity index (χ1n) is 5.17. The van der Waals surface area contributed by atoms with E-state index in [2.05, 4.69) is 5.32 Å². The van der Waals surface area contributed by atoms with E-state index in [1.54, 1.807) is 18.2 Å². The van der Waals surface area contributed by atoms with Crippen LogP contribution in [0.1, 0.15) is 12.5 Å². The first-order valence-corrected chi connectivity index (χ1v) is 7.03. The summed E-state index contributed by atoms with van der Waals surface area (Å²) in [5.74, 6) is 1.50. The highest BCUT2D eigenvalue weighted by molar-refractivity contribution is 7.84. The van der Waals surface area contributed by atoms with Crippen LogP contribution in [0, 0.1) is 0 Å². The molecule has 0 heterocycles. The summed E-state index contributed by atoms with van der Waals surface area (Å²) in [7, 11) is -0.754. The van der Waals surface area contributed by atoms with E-state index >= 15 is 0 Å². The van der Waals surface area contributed by atoms with Gasteiger partial charge in [-0.25, -0.2) is 0 Å². The molecule has 0 fully saturated rings. The third-order valence-electron chi connectivity index (χ3n) is 2.22. The van der Waals surface area contributed by atoms with Gasteiger partial charge in [0, 0.05) is 46.0 Å². The molecule has 1 atom stereocenters. The summed E-state index contributed by atoms with van der Waals surface area (Å²) in [5.41, 5.74) is 0.687. The Morgan fingerprint density at radius 2 is 2.25 bits per heavy atom. The number of nitrogens with one attached hydrogen (secondary N) is 1. The summed E-state index contributed by atoms with van der Waals surface area (Å²) in [6, 6.07) is 5.04. The van der Waals surface area contributed by atoms with Crippen LogP contribution < -0.4 is 5.32 Å². The van der Waals surface area contributed by atoms with Crippen molar-refractivity contribution in [3.05, 3.63) is 28.8 Å². The number of halogens is 1. The quantitative estimate of drug-likeness (QED) is 0.769. The van der Waals surface area contributed by atoms with Gasteiger partial charge in [-0.2, -0.15) is 0 Å². The third kappa shape index (κ3) is 4.12. The van der Waals surface area contributed by atoms with Crippen molar-refractivity contribution < 1.29 is 9.32 Å². The van der Waals surface area contributed by atoms with E-state index in [1.165, 1.54) is 0 Å². The van der Waals surface area contributed by atoms with Crippen LogP contribution >= 0.6 is 11.6 Å². The van der Waals surface area contributed by atoms with E-state index in [0.717, 1.165) is 0 Å². The lowest BCUT2D eigenvalue weighted by Crippen LogP contribution is -2.20. The average molecular weight is 262 g/mol. The maximum atomic E-state index is 11.2. The molecule has 0 saturated carbocycles. The highest BCUT2D eigenvalue weighted by atomic mass is 35.5. The van der Waals surface area contributed by atoms with Crippen molar-refractivity contribution >= 4 is 22.4 Å². The van der Waals surface area contributed by atoms with Crippen molar-refractivity contribution in [1.29, 1.82) is 0 Å². The second kappa shape index (κ2) is 6.89. The Morgan fingerprint density at radius 3 is 2.88 bits per heavy atom. The van der Waals surface area contributed by atoms with E-state index < -0.39 is 10.8 Å². The van der Waals surface area contributed by atoms with Gasteiger partial charge in [0.1, 0.15) is 5.75 Å². The van der Waals surface area contributed by atoms with Crippen molar-refractivity contribution in [2.24, 2.45) is 0 Å². The smallest absolute Gasteiger partial charge is 0.121 e. The Bertz CT molecular complexity index is 351. The predicted octanol–water partition coefficient (Wildman–Crippen LogP) is 1.90. The van der Waals surface area contributed by atoms with Gasteiger partial charge in [-0.3, -0.25) is 4.21 Å². The molecule has 1 aromatic rings. The molecule has 0 bridgehead atoms. The van der Waals surface area contributed by atoms with Gasteiger partial charge in [-0.05, 0) is 12.1 Å². The minimum absolute atomic E-state index is 0.191. The van der Waals surface area contributed by atoms with Gasteiger partial charge in [0.15, 0.2) is 0 Å². The van der Waals surface area contributed by atoms with Crippen LogP contribution in [0.3, 0.4) is 0 Å². The molecule has 3 nitrogen and oxygen atoms in total. The lowest BCUT2D eigenvalue weighted by molar-refractivity contribution is 0.465. The Hall–Kier alpha value is -0.580. The summed E-state index contributed by atoms with van der Waals surface area (Å²) >= 11 is 5.94. The van der Waals surface area contributed by atoms with Crippen molar-refractivity contribution in [3.8, 4) is 5.75 Å². The van der Waals surface area contributed by atoms with Crippen LogP contribution in [0.15, 0.2) is 18.2 Å². The molecule has 0 spiro atoms. The summed E-state index contributed by atoms with van der Waals surface area (Å²) in [4.78, 5) is 0. The molecule has 90 valence electrons. The zero-order valence-electron chi connectivity index (χ0n) is 9.20. The fraction of sp³-hybridized carbons (Fsp3) is 0.455. The van der Waals surface area contributed by atoms with Gasteiger partial charge in [0.05, 0.1) is 0 Å². The van der Waals surface area contributed by atoms with E-state index in [-0.39, 0.29) is 5.75 Å². The largest absolute Gasteiger partial charge is 0.508 e. The second-order valence-corrected chi connectivity index (χ2v) is 5.62. The lowest BCUT2D eigenvalue weighted by atomic mass is 10.2. The van der Waals surface area contributed by atoms with E-state index in [1.807, 2.05) is 6.92 Å². The summed E-state index contributed by atoms with van der Waals surface area (Å²) in [5, 5.41) is 13.2. The molecular weight excluding hydrogens is 246 g/mol. The summed E-state index contributed by atoms with van der Waals surface area (Å²) < 4.78 is 11.2. The van der Waals surface area contributed by atoms with Gasteiger partial charge in [0.25, 0.3) is 0 Å². The summed E-state index contributed by atoms with van der Waals surface area (Å²) in [6.45, 7) is 3.05. The SMILES string of the molecule is CCS(=O)CCNCc1c(O)cccc1Cl. The molecule has 0 aliphatic heterocycles. The number of rotatable bonds is 6. The van der Waals surface area contributed by atoms with Crippen molar-refractivity contribution in [1.82, 2.24) is 5.32 Å². The normalized spacial score (nSPS) is 12.6. The Morgan fingerprint density at radius 1 is 1.50 bits per heavy atom. The molecule has 0 aromatic heterocycles. The highest BCUT2D eigenvalue weighted by Crippen LogP contribution is 2.24. The second-order valence-electron chi connectivity index (χ2n) is 3.35. The molecule has 2 N–H and O–H groups in total. The molecule has 0 aliphatic carbocycles. The Balaban J connectivity index is 2.40. The maximum absolute atomic E-state index is 11.2. The van der Waals surface area contributed by atoms with Crippen LogP contribution in [0.25, 0.3) is 0 Å². The third-order valence-corrected chi connectivity index (χ3v) is 3.88. The monoisotopic (exact) mass is 261 g/mol. The molecule has 1 aromatic carbocycles. The number of aromatic hydroxyl groups is 1. The molecular formula is C11H16ClNO2S. The maximum Gasteiger partial charge on any atom is 0.121 e. The molecule has 16 heavy (non-hydrogen) atoms. The van der Waals surface area contributed by atoms with Crippen molar-refractivity contribution in [2.75, 3.05) is 18.1 Å². The fourth-order valence-corrected chi connectivity index (χ4v) is 2.16. The van der Waals surface area contributed by atoms with Crippen LogP contribution in [-0.4, -0.2) is 27.4 Å². The average Bonchev–Trinajstić information content (AvgIpc) is 2.27. The van der Waals surface area contributed by atoms with Crippen LogP contribution in [0.2, 0.25) is 5.02 Å². The molecule has 1 unspecified atom stereocenters. The minimum atomic E-state index is -0.754.